The van der Waals surface area contributed by atoms with Crippen LogP contribution in [-0.4, -0.2) is 64.4 Å². The Kier molecular flexibility index (Phi) is 7.06. The Balaban J connectivity index is 1.62. The number of carboxylic acid groups (broad SMARTS) is 1. The highest BCUT2D eigenvalue weighted by Gasteiger charge is 2.29. The molecule has 3 aromatic rings. The van der Waals surface area contributed by atoms with Crippen LogP contribution in [0.1, 0.15) is 13.3 Å². The Morgan fingerprint density at radius 3 is 2.85 bits per heavy atom. The van der Waals surface area contributed by atoms with Crippen LogP contribution in [0.4, 0.5) is 10.5 Å². The van der Waals surface area contributed by atoms with E-state index in [-0.39, 0.29) is 12.0 Å². The van der Waals surface area contributed by atoms with Gasteiger partial charge in [-0.05, 0) is 24.4 Å². The molecule has 4 rings (SSSR count). The quantitative estimate of drug-likeness (QED) is 0.332. The maximum Gasteiger partial charge on any atom is 0.407 e. The zero-order valence-electron chi connectivity index (χ0n) is 19.7. The van der Waals surface area contributed by atoms with Gasteiger partial charge in [-0.3, -0.25) is 0 Å². The van der Waals surface area contributed by atoms with Crippen LogP contribution in [-0.2, 0) is 11.5 Å². The maximum atomic E-state index is 11.6. The van der Waals surface area contributed by atoms with Gasteiger partial charge in [-0.25, -0.2) is 14.8 Å². The van der Waals surface area contributed by atoms with E-state index in [1.54, 1.807) is 17.5 Å². The third-order valence-corrected chi connectivity index (χ3v) is 8.47. The number of thiazole rings is 1. The molecule has 0 saturated carbocycles. The van der Waals surface area contributed by atoms with Crippen LogP contribution in [0, 0.1) is 5.92 Å². The number of ether oxygens (including phenoxy) is 1. The minimum Gasteiger partial charge on any atom is -0.465 e. The molecule has 1 amide bonds. The Labute approximate surface area is 199 Å². The van der Waals surface area contributed by atoms with Crippen LogP contribution in [0.25, 0.3) is 21.6 Å². The predicted octanol–water partition coefficient (Wildman–Crippen LogP) is 5.27. The summed E-state index contributed by atoms with van der Waals surface area (Å²) in [6.45, 7) is 11.4. The van der Waals surface area contributed by atoms with E-state index < -0.39 is 14.2 Å². The summed E-state index contributed by atoms with van der Waals surface area (Å²) in [6, 6.07) is 3.20. The minimum absolute atomic E-state index is 0.0190. The van der Waals surface area contributed by atoms with Crippen molar-refractivity contribution in [1.82, 2.24) is 19.4 Å². The van der Waals surface area contributed by atoms with Gasteiger partial charge >= 0.3 is 6.09 Å². The molecule has 10 heteroatoms. The van der Waals surface area contributed by atoms with Crippen molar-refractivity contribution in [1.29, 1.82) is 0 Å². The summed E-state index contributed by atoms with van der Waals surface area (Å²) < 4.78 is 8.00. The summed E-state index contributed by atoms with van der Waals surface area (Å²) in [4.78, 5) is 22.4. The Morgan fingerprint density at radius 2 is 2.15 bits per heavy atom. The summed E-state index contributed by atoms with van der Waals surface area (Å²) in [5.74, 6) is 0.289. The third kappa shape index (κ3) is 5.74. The minimum atomic E-state index is -1.14. The second-order valence-electron chi connectivity index (χ2n) is 10.1. The average Bonchev–Trinajstić information content (AvgIpc) is 3.41. The number of anilines is 1. The van der Waals surface area contributed by atoms with E-state index in [1.807, 2.05) is 22.3 Å². The van der Waals surface area contributed by atoms with E-state index in [4.69, 9.17) is 9.72 Å². The van der Waals surface area contributed by atoms with Crippen molar-refractivity contribution >= 4 is 42.2 Å². The Hall–Kier alpha value is -2.43. The number of aromatic nitrogens is 3. The molecular formula is C23H33N5O3SSi. The van der Waals surface area contributed by atoms with Crippen LogP contribution in [0.15, 0.2) is 30.0 Å². The maximum absolute atomic E-state index is 11.6. The highest BCUT2D eigenvalue weighted by molar-refractivity contribution is 7.13. The monoisotopic (exact) mass is 487 g/mol. The second kappa shape index (κ2) is 9.82. The number of hydrogen-bond donors (Lipinski definition) is 2. The number of nitrogens with one attached hydrogen (secondary N) is 1. The number of hydrogen-bond acceptors (Lipinski definition) is 6. The summed E-state index contributed by atoms with van der Waals surface area (Å²) in [5.41, 5.74) is 2.75. The van der Waals surface area contributed by atoms with Crippen molar-refractivity contribution in [2.75, 3.05) is 25.0 Å². The number of rotatable bonds is 8. The Morgan fingerprint density at radius 1 is 1.33 bits per heavy atom. The molecule has 178 valence electrons. The first-order chi connectivity index (χ1) is 15.7. The van der Waals surface area contributed by atoms with Gasteiger partial charge < -0.3 is 24.6 Å². The molecule has 2 atom stereocenters. The molecule has 0 spiro atoms. The molecule has 1 aliphatic rings. The first-order valence-corrected chi connectivity index (χ1v) is 16.0. The molecule has 1 fully saturated rings. The molecular weight excluding hydrogens is 454 g/mol. The van der Waals surface area contributed by atoms with Crippen LogP contribution in [0.3, 0.4) is 0 Å². The second-order valence-corrected chi connectivity index (χ2v) is 16.6. The molecule has 0 bridgehead atoms. The summed E-state index contributed by atoms with van der Waals surface area (Å²) in [6.07, 6.45) is 5.71. The van der Waals surface area contributed by atoms with Gasteiger partial charge in [-0.2, -0.15) is 0 Å². The number of carbonyl (C=O) groups is 1. The fraction of sp³-hybridized carbons (Fsp3) is 0.522. The highest BCUT2D eigenvalue weighted by atomic mass is 32.1. The first-order valence-electron chi connectivity index (χ1n) is 11.4. The molecule has 0 radical (unpaired) electrons. The molecule has 0 aliphatic carbocycles. The van der Waals surface area contributed by atoms with Gasteiger partial charge in [-0.1, -0.05) is 26.6 Å². The van der Waals surface area contributed by atoms with Crippen molar-refractivity contribution < 1.29 is 14.6 Å². The van der Waals surface area contributed by atoms with Crippen molar-refractivity contribution in [3.63, 3.8) is 0 Å². The zero-order chi connectivity index (χ0) is 23.6. The van der Waals surface area contributed by atoms with Gasteiger partial charge in [0.15, 0.2) is 0 Å². The topological polar surface area (TPSA) is 92.5 Å². The lowest BCUT2D eigenvalue weighted by Gasteiger charge is -2.36. The number of amides is 1. The number of likely N-dealkylation sites (tertiary alicyclic amines) is 1. The average molecular weight is 488 g/mol. The van der Waals surface area contributed by atoms with Crippen LogP contribution in [0.2, 0.25) is 25.7 Å². The predicted molar refractivity (Wildman–Crippen MR) is 136 cm³/mol. The summed E-state index contributed by atoms with van der Waals surface area (Å²) >= 11 is 1.57. The smallest absolute Gasteiger partial charge is 0.407 e. The SMILES string of the molecule is C[C@H]1C[C@@H](Nc2c(-c3nccs3)cnc3c2ccn3COCC[Si](C)(C)C)CN(C(=O)O)C1. The van der Waals surface area contributed by atoms with E-state index in [0.717, 1.165) is 46.4 Å². The van der Waals surface area contributed by atoms with Gasteiger partial charge in [0.25, 0.3) is 0 Å². The number of piperidine rings is 1. The normalized spacial score (nSPS) is 19.2. The highest BCUT2D eigenvalue weighted by Crippen LogP contribution is 2.36. The fourth-order valence-electron chi connectivity index (χ4n) is 4.27. The lowest BCUT2D eigenvalue weighted by molar-refractivity contribution is 0.0899. The van der Waals surface area contributed by atoms with Gasteiger partial charge in [0.1, 0.15) is 17.4 Å². The van der Waals surface area contributed by atoms with Gasteiger partial charge in [0.2, 0.25) is 0 Å². The van der Waals surface area contributed by atoms with Gasteiger partial charge in [0.05, 0.1) is 11.3 Å². The lowest BCUT2D eigenvalue weighted by Crippen LogP contribution is -2.47. The molecule has 33 heavy (non-hydrogen) atoms. The van der Waals surface area contributed by atoms with Gasteiger partial charge in [0, 0.05) is 63.2 Å². The summed E-state index contributed by atoms with van der Waals surface area (Å²) in [5, 5.41) is 17.1. The van der Waals surface area contributed by atoms with E-state index >= 15 is 0 Å². The molecule has 8 nitrogen and oxygen atoms in total. The van der Waals surface area contributed by atoms with Crippen molar-refractivity contribution in [3.05, 3.63) is 30.0 Å². The number of nitrogens with zero attached hydrogens (tertiary/aromatic N) is 4. The molecule has 1 aliphatic heterocycles. The molecule has 2 N–H and O–H groups in total. The first kappa shape index (κ1) is 23.7. The van der Waals surface area contributed by atoms with Crippen molar-refractivity contribution in [2.24, 2.45) is 5.92 Å². The van der Waals surface area contributed by atoms with Crippen molar-refractivity contribution in [3.8, 4) is 10.6 Å². The van der Waals surface area contributed by atoms with Crippen LogP contribution < -0.4 is 5.32 Å². The lowest BCUT2D eigenvalue weighted by atomic mass is 9.95. The summed E-state index contributed by atoms with van der Waals surface area (Å²) in [7, 11) is -1.14. The van der Waals surface area contributed by atoms with Crippen LogP contribution in [0.5, 0.6) is 0 Å². The largest absolute Gasteiger partial charge is 0.465 e. The standard InChI is InChI=1S/C23H33N5O3SSi/c1-16-11-17(14-28(13-16)23(29)30)26-20-18-5-7-27(15-31-8-10-33(2,3)4)21(18)25-12-19(20)22-24-6-9-32-22/h5-7,9,12,16-17H,8,10-11,13-15H2,1-4H3,(H,25,26)(H,29,30)/t16-,17+/m0/s1. The molecule has 4 heterocycles. The molecule has 3 aromatic heterocycles. The third-order valence-electron chi connectivity index (χ3n) is 5.96. The Bertz CT molecular complexity index is 1100. The van der Waals surface area contributed by atoms with E-state index in [2.05, 4.69) is 42.9 Å². The van der Waals surface area contributed by atoms with E-state index in [0.29, 0.717) is 19.8 Å². The van der Waals surface area contributed by atoms with E-state index in [9.17, 15) is 9.90 Å². The molecule has 0 aromatic carbocycles. The number of pyridine rings is 1. The molecule has 0 unspecified atom stereocenters. The van der Waals surface area contributed by atoms with Crippen LogP contribution >= 0.6 is 11.3 Å². The van der Waals surface area contributed by atoms with Gasteiger partial charge in [-0.15, -0.1) is 11.3 Å². The number of fused-ring (bicyclic) bond motifs is 1. The van der Waals surface area contributed by atoms with E-state index in [1.165, 1.54) is 4.90 Å². The zero-order valence-corrected chi connectivity index (χ0v) is 21.6. The van der Waals surface area contributed by atoms with Crippen molar-refractivity contribution in [2.45, 2.75) is 51.8 Å². The fourth-order valence-corrected chi connectivity index (χ4v) is 5.69. The molecule has 1 saturated heterocycles.